The number of benzene rings is 3. The first kappa shape index (κ1) is 21.1. The summed E-state index contributed by atoms with van der Waals surface area (Å²) in [4.78, 5) is 14.6. The van der Waals surface area contributed by atoms with E-state index in [1.807, 2.05) is 42.5 Å². The molecule has 0 aromatic heterocycles. The summed E-state index contributed by atoms with van der Waals surface area (Å²) in [5, 5.41) is 5.79. The Morgan fingerprint density at radius 2 is 1.65 bits per heavy atom. The van der Waals surface area contributed by atoms with Gasteiger partial charge in [-0.15, -0.1) is 0 Å². The number of nitrogens with zero attached hydrogens (tertiary/aromatic N) is 1. The monoisotopic (exact) mass is 417 g/mol. The number of rotatable bonds is 7. The Bertz CT molecular complexity index is 991. The molecule has 1 aliphatic heterocycles. The lowest BCUT2D eigenvalue weighted by Gasteiger charge is -2.37. The van der Waals surface area contributed by atoms with Crippen LogP contribution in [0.15, 0.2) is 78.9 Å². The van der Waals surface area contributed by atoms with E-state index in [2.05, 4.69) is 39.8 Å². The minimum atomic E-state index is -0.200. The smallest absolute Gasteiger partial charge is 0.319 e. The maximum atomic E-state index is 13.3. The van der Waals surface area contributed by atoms with Crippen molar-refractivity contribution in [1.29, 1.82) is 0 Å². The van der Waals surface area contributed by atoms with E-state index < -0.39 is 0 Å². The standard InChI is InChI=1S/C26H28FN3O/c27-23-13-11-20(12-14-23)17-25-18-21-7-4-5-8-22(21)19-30(25)16-6-15-28-26(31)29-24-9-2-1-3-10-24/h1-5,7-14,25H,6,15-19H2,(H2,28,29,31). The molecule has 0 saturated heterocycles. The van der Waals surface area contributed by atoms with Crippen LogP contribution in [-0.4, -0.2) is 30.1 Å². The van der Waals surface area contributed by atoms with Gasteiger partial charge < -0.3 is 10.6 Å². The lowest BCUT2D eigenvalue weighted by Crippen LogP contribution is -2.43. The molecule has 1 unspecified atom stereocenters. The topological polar surface area (TPSA) is 44.4 Å². The third-order valence-electron chi connectivity index (χ3n) is 5.79. The van der Waals surface area contributed by atoms with Gasteiger partial charge in [-0.25, -0.2) is 9.18 Å². The Labute approximate surface area is 183 Å². The first-order chi connectivity index (χ1) is 15.2. The fourth-order valence-corrected chi connectivity index (χ4v) is 4.18. The molecule has 5 heteroatoms. The molecule has 1 aliphatic rings. The summed E-state index contributed by atoms with van der Waals surface area (Å²) in [5.74, 6) is -0.200. The second-order valence-electron chi connectivity index (χ2n) is 8.03. The maximum absolute atomic E-state index is 13.3. The molecule has 3 aromatic rings. The number of urea groups is 1. The van der Waals surface area contributed by atoms with Crippen molar-refractivity contribution in [2.75, 3.05) is 18.4 Å². The van der Waals surface area contributed by atoms with Gasteiger partial charge >= 0.3 is 6.03 Å². The molecule has 0 bridgehead atoms. The number of halogens is 1. The number of hydrogen-bond acceptors (Lipinski definition) is 2. The molecular formula is C26H28FN3O. The number of anilines is 1. The average molecular weight is 418 g/mol. The zero-order valence-corrected chi connectivity index (χ0v) is 17.6. The van der Waals surface area contributed by atoms with Crippen LogP contribution in [0.4, 0.5) is 14.9 Å². The van der Waals surface area contributed by atoms with E-state index >= 15 is 0 Å². The molecule has 0 spiro atoms. The van der Waals surface area contributed by atoms with Crippen LogP contribution >= 0.6 is 0 Å². The van der Waals surface area contributed by atoms with E-state index in [0.717, 1.165) is 43.6 Å². The fourth-order valence-electron chi connectivity index (χ4n) is 4.18. The molecule has 1 atom stereocenters. The number of carbonyl (C=O) groups is 1. The molecule has 0 radical (unpaired) electrons. The van der Waals surface area contributed by atoms with Crippen molar-refractivity contribution in [3.63, 3.8) is 0 Å². The number of carbonyl (C=O) groups excluding carboxylic acids is 1. The van der Waals surface area contributed by atoms with Crippen LogP contribution in [0.1, 0.15) is 23.1 Å². The van der Waals surface area contributed by atoms with Gasteiger partial charge in [0.25, 0.3) is 0 Å². The Balaban J connectivity index is 1.33. The molecule has 0 saturated carbocycles. The highest BCUT2D eigenvalue weighted by Gasteiger charge is 2.25. The molecule has 4 rings (SSSR count). The Hall–Kier alpha value is -3.18. The maximum Gasteiger partial charge on any atom is 0.319 e. The highest BCUT2D eigenvalue weighted by Crippen LogP contribution is 2.25. The van der Waals surface area contributed by atoms with E-state index in [4.69, 9.17) is 0 Å². The number of nitrogens with one attached hydrogen (secondary N) is 2. The summed E-state index contributed by atoms with van der Waals surface area (Å²) in [6.07, 6.45) is 2.73. The number of para-hydroxylation sites is 1. The second-order valence-corrected chi connectivity index (χ2v) is 8.03. The summed E-state index contributed by atoms with van der Waals surface area (Å²) in [6, 6.07) is 25.0. The number of amides is 2. The quantitative estimate of drug-likeness (QED) is 0.531. The van der Waals surface area contributed by atoms with Gasteiger partial charge in [-0.2, -0.15) is 0 Å². The van der Waals surface area contributed by atoms with E-state index in [1.54, 1.807) is 0 Å². The zero-order chi connectivity index (χ0) is 21.5. The zero-order valence-electron chi connectivity index (χ0n) is 17.6. The van der Waals surface area contributed by atoms with Gasteiger partial charge in [0.2, 0.25) is 0 Å². The van der Waals surface area contributed by atoms with E-state index in [-0.39, 0.29) is 11.8 Å². The molecule has 160 valence electrons. The van der Waals surface area contributed by atoms with Gasteiger partial charge in [0.05, 0.1) is 0 Å². The van der Waals surface area contributed by atoms with Crippen molar-refractivity contribution in [2.45, 2.75) is 31.8 Å². The largest absolute Gasteiger partial charge is 0.338 e. The van der Waals surface area contributed by atoms with Crippen LogP contribution < -0.4 is 10.6 Å². The minimum absolute atomic E-state index is 0.182. The van der Waals surface area contributed by atoms with Gasteiger partial charge in [-0.1, -0.05) is 54.6 Å². The second kappa shape index (κ2) is 10.2. The summed E-state index contributed by atoms with van der Waals surface area (Å²) in [5.41, 5.74) is 4.70. The van der Waals surface area contributed by atoms with Crippen molar-refractivity contribution < 1.29 is 9.18 Å². The van der Waals surface area contributed by atoms with E-state index in [1.165, 1.54) is 23.3 Å². The van der Waals surface area contributed by atoms with Crippen molar-refractivity contribution in [2.24, 2.45) is 0 Å². The molecule has 0 aliphatic carbocycles. The SMILES string of the molecule is O=C(NCCCN1Cc2ccccc2CC1Cc1ccc(F)cc1)Nc1ccccc1. The Kier molecular flexibility index (Phi) is 6.95. The molecule has 31 heavy (non-hydrogen) atoms. The molecule has 0 fully saturated rings. The predicted molar refractivity (Wildman–Crippen MR) is 123 cm³/mol. The van der Waals surface area contributed by atoms with E-state index in [9.17, 15) is 9.18 Å². The molecule has 1 heterocycles. The molecular weight excluding hydrogens is 389 g/mol. The lowest BCUT2D eigenvalue weighted by molar-refractivity contribution is 0.168. The Morgan fingerprint density at radius 1 is 0.935 bits per heavy atom. The van der Waals surface area contributed by atoms with Crippen molar-refractivity contribution in [3.05, 3.63) is 101 Å². The fraction of sp³-hybridized carbons (Fsp3) is 0.269. The van der Waals surface area contributed by atoms with E-state index in [0.29, 0.717) is 12.6 Å². The highest BCUT2D eigenvalue weighted by atomic mass is 19.1. The number of hydrogen-bond donors (Lipinski definition) is 2. The van der Waals surface area contributed by atoms with Gasteiger partial charge in [-0.3, -0.25) is 4.90 Å². The summed E-state index contributed by atoms with van der Waals surface area (Å²) in [7, 11) is 0. The normalized spacial score (nSPS) is 15.8. The summed E-state index contributed by atoms with van der Waals surface area (Å²) in [6.45, 7) is 2.41. The predicted octanol–water partition coefficient (Wildman–Crippen LogP) is 5.01. The van der Waals surface area contributed by atoms with Gasteiger partial charge in [0.1, 0.15) is 5.82 Å². The summed E-state index contributed by atoms with van der Waals surface area (Å²) >= 11 is 0. The first-order valence-corrected chi connectivity index (χ1v) is 10.8. The third kappa shape index (κ3) is 5.92. The molecule has 3 aromatic carbocycles. The van der Waals surface area contributed by atoms with Crippen LogP contribution in [0.25, 0.3) is 0 Å². The van der Waals surface area contributed by atoms with Crippen molar-refractivity contribution in [3.8, 4) is 0 Å². The van der Waals surface area contributed by atoms with Crippen LogP contribution in [0.3, 0.4) is 0 Å². The first-order valence-electron chi connectivity index (χ1n) is 10.8. The highest BCUT2D eigenvalue weighted by molar-refractivity contribution is 5.89. The molecule has 2 amide bonds. The van der Waals surface area contributed by atoms with Crippen LogP contribution in [0.5, 0.6) is 0 Å². The molecule has 4 nitrogen and oxygen atoms in total. The number of fused-ring (bicyclic) bond motifs is 1. The van der Waals surface area contributed by atoms with Gasteiger partial charge in [0, 0.05) is 31.4 Å². The Morgan fingerprint density at radius 3 is 2.42 bits per heavy atom. The minimum Gasteiger partial charge on any atom is -0.338 e. The summed E-state index contributed by atoms with van der Waals surface area (Å²) < 4.78 is 13.3. The average Bonchev–Trinajstić information content (AvgIpc) is 2.79. The molecule has 2 N–H and O–H groups in total. The van der Waals surface area contributed by atoms with Crippen LogP contribution in [0, 0.1) is 5.82 Å². The van der Waals surface area contributed by atoms with Crippen LogP contribution in [-0.2, 0) is 19.4 Å². The van der Waals surface area contributed by atoms with Gasteiger partial charge in [0.15, 0.2) is 0 Å². The third-order valence-corrected chi connectivity index (χ3v) is 5.79. The lowest BCUT2D eigenvalue weighted by atomic mass is 9.90. The van der Waals surface area contributed by atoms with Crippen molar-refractivity contribution in [1.82, 2.24) is 10.2 Å². The van der Waals surface area contributed by atoms with Crippen LogP contribution in [0.2, 0.25) is 0 Å². The van der Waals surface area contributed by atoms with Gasteiger partial charge in [-0.05, 0) is 60.2 Å². The van der Waals surface area contributed by atoms with Crippen molar-refractivity contribution >= 4 is 11.7 Å².